The molecule has 0 bridgehead atoms. The second kappa shape index (κ2) is 5.98. The van der Waals surface area contributed by atoms with Gasteiger partial charge in [-0.3, -0.25) is 14.8 Å². The van der Waals surface area contributed by atoms with E-state index in [4.69, 9.17) is 0 Å². The molecule has 0 saturated heterocycles. The molecular weight excluding hydrogens is 294 g/mol. The Balaban J connectivity index is 2.22. The van der Waals surface area contributed by atoms with Gasteiger partial charge in [-0.2, -0.15) is 5.10 Å². The standard InChI is InChI=1S/C16H23N5O2/c1-10-7-15(17-8-14(10)21(22)23)18-11(2)13-9-20(16(4,5)6)19-12(13)3/h7-9,11H,1-6H3,(H,17,18). The highest BCUT2D eigenvalue weighted by Crippen LogP contribution is 2.25. The first kappa shape index (κ1) is 16.9. The van der Waals surface area contributed by atoms with Crippen molar-refractivity contribution in [1.82, 2.24) is 14.8 Å². The molecule has 7 nitrogen and oxygen atoms in total. The molecule has 2 heterocycles. The van der Waals surface area contributed by atoms with Crippen molar-refractivity contribution in [3.63, 3.8) is 0 Å². The molecule has 2 aromatic rings. The van der Waals surface area contributed by atoms with Gasteiger partial charge in [-0.05, 0) is 47.6 Å². The first-order chi connectivity index (χ1) is 10.6. The molecule has 0 saturated carbocycles. The second-order valence-electron chi connectivity index (χ2n) is 6.76. The summed E-state index contributed by atoms with van der Waals surface area (Å²) in [6.07, 6.45) is 3.32. The maximum Gasteiger partial charge on any atom is 0.290 e. The SMILES string of the molecule is Cc1cc(NC(C)c2cn(C(C)(C)C)nc2C)ncc1[N+](=O)[O-]. The highest BCUT2D eigenvalue weighted by molar-refractivity contribution is 5.48. The fourth-order valence-corrected chi connectivity index (χ4v) is 2.36. The van der Waals surface area contributed by atoms with Gasteiger partial charge >= 0.3 is 0 Å². The molecule has 7 heteroatoms. The molecule has 0 aliphatic heterocycles. The molecule has 0 fully saturated rings. The van der Waals surface area contributed by atoms with E-state index in [2.05, 4.69) is 36.2 Å². The summed E-state index contributed by atoms with van der Waals surface area (Å²) in [5.74, 6) is 0.614. The van der Waals surface area contributed by atoms with Gasteiger partial charge in [0, 0.05) is 17.3 Å². The number of nitrogens with zero attached hydrogens (tertiary/aromatic N) is 4. The van der Waals surface area contributed by atoms with E-state index in [9.17, 15) is 10.1 Å². The lowest BCUT2D eigenvalue weighted by Crippen LogP contribution is -2.22. The molecule has 0 aliphatic rings. The van der Waals surface area contributed by atoms with Crippen LogP contribution in [0.1, 0.15) is 50.6 Å². The van der Waals surface area contributed by atoms with Gasteiger partial charge in [0.05, 0.1) is 22.2 Å². The van der Waals surface area contributed by atoms with E-state index in [0.29, 0.717) is 11.4 Å². The summed E-state index contributed by atoms with van der Waals surface area (Å²) in [7, 11) is 0. The highest BCUT2D eigenvalue weighted by atomic mass is 16.6. The lowest BCUT2D eigenvalue weighted by Gasteiger charge is -2.19. The maximum absolute atomic E-state index is 10.9. The number of aryl methyl sites for hydroxylation is 2. The molecule has 2 rings (SSSR count). The Morgan fingerprint density at radius 1 is 1.35 bits per heavy atom. The predicted octanol–water partition coefficient (Wildman–Crippen LogP) is 3.73. The molecule has 0 radical (unpaired) electrons. The predicted molar refractivity (Wildman–Crippen MR) is 89.6 cm³/mol. The van der Waals surface area contributed by atoms with Crippen molar-refractivity contribution in [1.29, 1.82) is 0 Å². The van der Waals surface area contributed by atoms with E-state index >= 15 is 0 Å². The number of hydrogen-bond acceptors (Lipinski definition) is 5. The minimum Gasteiger partial charge on any atom is -0.363 e. The Bertz CT molecular complexity index is 731. The fourth-order valence-electron chi connectivity index (χ4n) is 2.36. The Morgan fingerprint density at radius 2 is 2.00 bits per heavy atom. The molecule has 23 heavy (non-hydrogen) atoms. The number of nitrogens with one attached hydrogen (secondary N) is 1. The van der Waals surface area contributed by atoms with E-state index in [-0.39, 0.29) is 17.3 Å². The van der Waals surface area contributed by atoms with Crippen LogP contribution in [0.2, 0.25) is 0 Å². The minimum absolute atomic E-state index is 0.000504. The molecular formula is C16H23N5O2. The third-order valence-corrected chi connectivity index (χ3v) is 3.73. The van der Waals surface area contributed by atoms with Gasteiger partial charge < -0.3 is 5.32 Å². The summed E-state index contributed by atoms with van der Waals surface area (Å²) in [6.45, 7) is 12.0. The number of anilines is 1. The first-order valence-corrected chi connectivity index (χ1v) is 7.54. The van der Waals surface area contributed by atoms with Gasteiger partial charge in [-0.1, -0.05) is 0 Å². The summed E-state index contributed by atoms with van der Waals surface area (Å²) in [5, 5.41) is 18.7. The summed E-state index contributed by atoms with van der Waals surface area (Å²) in [5.41, 5.74) is 2.57. The Kier molecular flexibility index (Phi) is 4.40. The zero-order chi connectivity index (χ0) is 17.4. The molecule has 1 unspecified atom stereocenters. The topological polar surface area (TPSA) is 85.9 Å². The van der Waals surface area contributed by atoms with Gasteiger partial charge in [0.25, 0.3) is 5.69 Å². The van der Waals surface area contributed by atoms with E-state index in [1.807, 2.05) is 24.7 Å². The summed E-state index contributed by atoms with van der Waals surface area (Å²) in [6, 6.07) is 1.69. The van der Waals surface area contributed by atoms with Crippen molar-refractivity contribution in [2.24, 2.45) is 0 Å². The largest absolute Gasteiger partial charge is 0.363 e. The number of rotatable bonds is 4. The van der Waals surface area contributed by atoms with Gasteiger partial charge in [0.15, 0.2) is 0 Å². The lowest BCUT2D eigenvalue weighted by atomic mass is 10.1. The average Bonchev–Trinajstić information content (AvgIpc) is 2.80. The van der Waals surface area contributed by atoms with Gasteiger partial charge in [-0.25, -0.2) is 4.98 Å². The average molecular weight is 317 g/mol. The molecule has 0 aromatic carbocycles. The van der Waals surface area contributed by atoms with Gasteiger partial charge in [0.2, 0.25) is 0 Å². The van der Waals surface area contributed by atoms with E-state index in [1.165, 1.54) is 6.20 Å². The van der Waals surface area contributed by atoms with Crippen LogP contribution < -0.4 is 5.32 Å². The van der Waals surface area contributed by atoms with Gasteiger partial charge in [-0.15, -0.1) is 0 Å². The number of hydrogen-bond donors (Lipinski definition) is 1. The zero-order valence-corrected chi connectivity index (χ0v) is 14.4. The Morgan fingerprint density at radius 3 is 2.48 bits per heavy atom. The molecule has 0 spiro atoms. The minimum atomic E-state index is -0.424. The van der Waals surface area contributed by atoms with E-state index in [0.717, 1.165) is 11.3 Å². The number of pyridine rings is 1. The third kappa shape index (κ3) is 3.67. The third-order valence-electron chi connectivity index (χ3n) is 3.73. The molecule has 0 aliphatic carbocycles. The molecule has 1 N–H and O–H groups in total. The van der Waals surface area contributed by atoms with Crippen LogP contribution in [-0.2, 0) is 5.54 Å². The van der Waals surface area contributed by atoms with E-state index in [1.54, 1.807) is 13.0 Å². The van der Waals surface area contributed by atoms with Crippen molar-refractivity contribution in [2.45, 2.75) is 53.1 Å². The normalized spacial score (nSPS) is 13.0. The summed E-state index contributed by atoms with van der Waals surface area (Å²) in [4.78, 5) is 14.6. The number of nitro groups is 1. The zero-order valence-electron chi connectivity index (χ0n) is 14.4. The van der Waals surface area contributed by atoms with Crippen molar-refractivity contribution >= 4 is 11.5 Å². The smallest absolute Gasteiger partial charge is 0.290 e. The maximum atomic E-state index is 10.9. The molecule has 2 aromatic heterocycles. The Labute approximate surface area is 135 Å². The van der Waals surface area contributed by atoms with Crippen LogP contribution in [0, 0.1) is 24.0 Å². The second-order valence-corrected chi connectivity index (χ2v) is 6.76. The van der Waals surface area contributed by atoms with Crippen molar-refractivity contribution in [3.05, 3.63) is 45.4 Å². The lowest BCUT2D eigenvalue weighted by molar-refractivity contribution is -0.385. The quantitative estimate of drug-likeness (QED) is 0.686. The van der Waals surface area contributed by atoms with Crippen LogP contribution in [0.25, 0.3) is 0 Å². The van der Waals surface area contributed by atoms with Crippen LogP contribution in [0.15, 0.2) is 18.5 Å². The monoisotopic (exact) mass is 317 g/mol. The van der Waals surface area contributed by atoms with Crippen LogP contribution in [0.3, 0.4) is 0 Å². The molecule has 0 amide bonds. The van der Waals surface area contributed by atoms with Crippen LogP contribution in [0.4, 0.5) is 11.5 Å². The van der Waals surface area contributed by atoms with Crippen molar-refractivity contribution in [2.75, 3.05) is 5.32 Å². The first-order valence-electron chi connectivity index (χ1n) is 7.54. The van der Waals surface area contributed by atoms with Crippen LogP contribution >= 0.6 is 0 Å². The summed E-state index contributed by atoms with van der Waals surface area (Å²) >= 11 is 0. The number of aromatic nitrogens is 3. The highest BCUT2D eigenvalue weighted by Gasteiger charge is 2.20. The van der Waals surface area contributed by atoms with E-state index < -0.39 is 4.92 Å². The molecule has 124 valence electrons. The fraction of sp³-hybridized carbons (Fsp3) is 0.500. The van der Waals surface area contributed by atoms with Crippen molar-refractivity contribution < 1.29 is 4.92 Å². The summed E-state index contributed by atoms with van der Waals surface area (Å²) < 4.78 is 1.95. The van der Waals surface area contributed by atoms with Gasteiger partial charge in [0.1, 0.15) is 12.0 Å². The van der Waals surface area contributed by atoms with Crippen molar-refractivity contribution in [3.8, 4) is 0 Å². The van der Waals surface area contributed by atoms with Crippen LogP contribution in [0.5, 0.6) is 0 Å². The molecule has 1 atom stereocenters. The Hall–Kier alpha value is -2.44. The van der Waals surface area contributed by atoms with Crippen LogP contribution in [-0.4, -0.2) is 19.7 Å².